The summed E-state index contributed by atoms with van der Waals surface area (Å²) in [6.45, 7) is 5.20. The van der Waals surface area contributed by atoms with Gasteiger partial charge in [0, 0.05) is 31.8 Å². The van der Waals surface area contributed by atoms with Crippen LogP contribution in [0.3, 0.4) is 0 Å². The average Bonchev–Trinajstić information content (AvgIpc) is 3.56. The molecule has 164 valence electrons. The highest BCUT2D eigenvalue weighted by Crippen LogP contribution is 2.37. The van der Waals surface area contributed by atoms with Crippen LogP contribution in [0, 0.1) is 6.92 Å². The number of anilines is 1. The van der Waals surface area contributed by atoms with Crippen LogP contribution in [0.4, 0.5) is 5.13 Å². The van der Waals surface area contributed by atoms with Crippen molar-refractivity contribution in [1.29, 1.82) is 0 Å². The Kier molecular flexibility index (Phi) is 5.57. The van der Waals surface area contributed by atoms with Gasteiger partial charge in [-0.05, 0) is 30.4 Å². The van der Waals surface area contributed by atoms with Gasteiger partial charge in [-0.15, -0.1) is 0 Å². The summed E-state index contributed by atoms with van der Waals surface area (Å²) in [5.74, 6) is 1.11. The van der Waals surface area contributed by atoms with Gasteiger partial charge in [0.1, 0.15) is 6.04 Å². The number of amides is 1. The van der Waals surface area contributed by atoms with Crippen LogP contribution >= 0.6 is 11.3 Å². The monoisotopic (exact) mass is 448 g/mol. The van der Waals surface area contributed by atoms with E-state index in [-0.39, 0.29) is 11.9 Å². The van der Waals surface area contributed by atoms with Crippen LogP contribution < -0.4 is 10.2 Å². The fourth-order valence-corrected chi connectivity index (χ4v) is 5.37. The second kappa shape index (κ2) is 8.66. The molecule has 1 aliphatic rings. The predicted molar refractivity (Wildman–Crippen MR) is 123 cm³/mol. The second-order valence-electron chi connectivity index (χ2n) is 7.84. The minimum absolute atomic E-state index is 0.0391. The van der Waals surface area contributed by atoms with E-state index in [0.717, 1.165) is 52.3 Å². The number of carbonyl (C=O) groups is 1. The number of aromatic nitrogens is 4. The highest BCUT2D eigenvalue weighted by molar-refractivity contribution is 7.22. The maximum atomic E-state index is 13.0. The molecule has 4 aromatic rings. The van der Waals surface area contributed by atoms with Gasteiger partial charge in [-0.1, -0.05) is 53.7 Å². The molecule has 0 aliphatic carbocycles. The van der Waals surface area contributed by atoms with Crippen molar-refractivity contribution in [1.82, 2.24) is 25.4 Å². The molecule has 0 radical (unpaired) electrons. The number of hydrogen-bond donors (Lipinski definition) is 1. The van der Waals surface area contributed by atoms with Crippen LogP contribution in [0.5, 0.6) is 0 Å². The third kappa shape index (κ3) is 3.84. The Morgan fingerprint density at radius 1 is 1.28 bits per heavy atom. The number of aryl methyl sites for hydroxylation is 2. The van der Waals surface area contributed by atoms with Crippen molar-refractivity contribution < 1.29 is 9.32 Å². The molecular formula is C23H24N6O2S. The number of pyridine rings is 1. The SMILES string of the molecule is CCc1c(-c2noc(C)n2)cnc2nc(N3CCC[C@@H]3C(=O)NCc3ccccc3)sc12. The fourth-order valence-electron chi connectivity index (χ4n) is 4.16. The quantitative estimate of drug-likeness (QED) is 0.478. The minimum Gasteiger partial charge on any atom is -0.350 e. The number of rotatable bonds is 6. The lowest BCUT2D eigenvalue weighted by molar-refractivity contribution is -0.122. The molecule has 0 unspecified atom stereocenters. The van der Waals surface area contributed by atoms with Crippen LogP contribution in [0.15, 0.2) is 41.1 Å². The summed E-state index contributed by atoms with van der Waals surface area (Å²) in [5, 5.41) is 7.98. The van der Waals surface area contributed by atoms with Gasteiger partial charge in [-0.25, -0.2) is 4.98 Å². The highest BCUT2D eigenvalue weighted by Gasteiger charge is 2.33. The molecule has 0 spiro atoms. The zero-order chi connectivity index (χ0) is 22.1. The summed E-state index contributed by atoms with van der Waals surface area (Å²) in [6, 6.07) is 9.74. The molecule has 8 nitrogen and oxygen atoms in total. The minimum atomic E-state index is -0.219. The molecule has 1 saturated heterocycles. The van der Waals surface area contributed by atoms with Gasteiger partial charge in [0.2, 0.25) is 17.6 Å². The normalized spacial score (nSPS) is 16.1. The number of hydrogen-bond acceptors (Lipinski definition) is 8. The topological polar surface area (TPSA) is 97.0 Å². The first-order valence-corrected chi connectivity index (χ1v) is 11.6. The largest absolute Gasteiger partial charge is 0.350 e. The number of thiazole rings is 1. The Hall–Kier alpha value is -3.33. The first-order chi connectivity index (χ1) is 15.6. The number of benzene rings is 1. The van der Waals surface area contributed by atoms with Crippen molar-refractivity contribution in [2.45, 2.75) is 45.7 Å². The molecule has 1 atom stereocenters. The van der Waals surface area contributed by atoms with E-state index in [1.165, 1.54) is 0 Å². The van der Waals surface area contributed by atoms with Crippen LogP contribution in [-0.4, -0.2) is 38.6 Å². The zero-order valence-corrected chi connectivity index (χ0v) is 18.9. The molecule has 1 aromatic carbocycles. The maximum Gasteiger partial charge on any atom is 0.243 e. The van der Waals surface area contributed by atoms with Gasteiger partial charge >= 0.3 is 0 Å². The maximum absolute atomic E-state index is 13.0. The molecule has 5 rings (SSSR count). The highest BCUT2D eigenvalue weighted by atomic mass is 32.1. The summed E-state index contributed by atoms with van der Waals surface area (Å²) in [6.07, 6.45) is 4.34. The summed E-state index contributed by atoms with van der Waals surface area (Å²) < 4.78 is 6.17. The summed E-state index contributed by atoms with van der Waals surface area (Å²) in [5.41, 5.74) is 3.75. The number of nitrogens with zero attached hydrogens (tertiary/aromatic N) is 5. The van der Waals surface area contributed by atoms with E-state index in [0.29, 0.717) is 23.9 Å². The molecule has 9 heteroatoms. The number of carbonyl (C=O) groups excluding carboxylic acids is 1. The summed E-state index contributed by atoms with van der Waals surface area (Å²) in [4.78, 5) is 28.8. The fraction of sp³-hybridized carbons (Fsp3) is 0.348. The van der Waals surface area contributed by atoms with Crippen LogP contribution in [0.25, 0.3) is 21.7 Å². The van der Waals surface area contributed by atoms with Gasteiger partial charge in [-0.2, -0.15) is 9.97 Å². The van der Waals surface area contributed by atoms with E-state index < -0.39 is 0 Å². The van der Waals surface area contributed by atoms with Gasteiger partial charge < -0.3 is 14.7 Å². The lowest BCUT2D eigenvalue weighted by atomic mass is 10.1. The molecule has 0 saturated carbocycles. The van der Waals surface area contributed by atoms with E-state index in [4.69, 9.17) is 9.51 Å². The molecule has 32 heavy (non-hydrogen) atoms. The lowest BCUT2D eigenvalue weighted by Gasteiger charge is -2.23. The molecule has 1 N–H and O–H groups in total. The Bertz CT molecular complexity index is 1250. The van der Waals surface area contributed by atoms with Gasteiger partial charge in [0.05, 0.1) is 4.70 Å². The zero-order valence-electron chi connectivity index (χ0n) is 18.0. The van der Waals surface area contributed by atoms with Crippen molar-refractivity contribution in [2.24, 2.45) is 0 Å². The Morgan fingerprint density at radius 2 is 2.12 bits per heavy atom. The average molecular weight is 449 g/mol. The molecule has 4 heterocycles. The van der Waals surface area contributed by atoms with Crippen LogP contribution in [0.1, 0.15) is 36.8 Å². The summed E-state index contributed by atoms with van der Waals surface area (Å²) in [7, 11) is 0. The molecule has 1 aliphatic heterocycles. The van der Waals surface area contributed by atoms with E-state index in [1.54, 1.807) is 24.5 Å². The molecular weight excluding hydrogens is 424 g/mol. The Labute approximate surface area is 189 Å². The van der Waals surface area contributed by atoms with E-state index in [1.807, 2.05) is 30.3 Å². The van der Waals surface area contributed by atoms with Crippen LogP contribution in [-0.2, 0) is 17.8 Å². The Morgan fingerprint density at radius 3 is 2.88 bits per heavy atom. The van der Waals surface area contributed by atoms with Crippen LogP contribution in [0.2, 0.25) is 0 Å². The lowest BCUT2D eigenvalue weighted by Crippen LogP contribution is -2.43. The third-order valence-electron chi connectivity index (χ3n) is 5.75. The molecule has 1 amide bonds. The van der Waals surface area contributed by atoms with Crippen molar-refractivity contribution in [3.8, 4) is 11.4 Å². The predicted octanol–water partition coefficient (Wildman–Crippen LogP) is 3.90. The van der Waals surface area contributed by atoms with Gasteiger partial charge in [0.25, 0.3) is 0 Å². The van der Waals surface area contributed by atoms with Crippen molar-refractivity contribution in [2.75, 3.05) is 11.4 Å². The second-order valence-corrected chi connectivity index (χ2v) is 8.82. The van der Waals surface area contributed by atoms with Gasteiger partial charge in [-0.3, -0.25) is 4.79 Å². The smallest absolute Gasteiger partial charge is 0.243 e. The third-order valence-corrected chi connectivity index (χ3v) is 6.89. The number of fused-ring (bicyclic) bond motifs is 1. The number of nitrogens with one attached hydrogen (secondary N) is 1. The first kappa shape index (κ1) is 20.6. The molecule has 0 bridgehead atoms. The van der Waals surface area contributed by atoms with Crippen molar-refractivity contribution in [3.63, 3.8) is 0 Å². The van der Waals surface area contributed by atoms with Crippen molar-refractivity contribution in [3.05, 3.63) is 53.5 Å². The van der Waals surface area contributed by atoms with E-state index >= 15 is 0 Å². The van der Waals surface area contributed by atoms with Crippen molar-refractivity contribution >= 4 is 32.7 Å². The summed E-state index contributed by atoms with van der Waals surface area (Å²) >= 11 is 1.58. The molecule has 1 fully saturated rings. The van der Waals surface area contributed by atoms with E-state index in [2.05, 4.69) is 32.3 Å². The first-order valence-electron chi connectivity index (χ1n) is 10.8. The van der Waals surface area contributed by atoms with Gasteiger partial charge in [0.15, 0.2) is 10.8 Å². The standard InChI is InChI=1S/C23H24N6O2S/c1-3-16-17(20-26-14(2)31-28-20)13-24-21-19(16)32-23(27-21)29-11-7-10-18(29)22(30)25-12-15-8-5-4-6-9-15/h4-6,8-9,13,18H,3,7,10-12H2,1-2H3,(H,25,30)/t18-/m1/s1. The van der Waals surface area contributed by atoms with E-state index in [9.17, 15) is 4.79 Å². The Balaban J connectivity index is 1.41. The molecule has 3 aromatic heterocycles.